The molecule has 1 aromatic rings. The van der Waals surface area contributed by atoms with E-state index in [2.05, 4.69) is 4.90 Å². The number of piperidine rings is 1. The number of carbonyl (C=O) groups is 1. The molecule has 1 aromatic carbocycles. The zero-order valence-corrected chi connectivity index (χ0v) is 11.2. The lowest BCUT2D eigenvalue weighted by atomic mass is 10.1. The molecule has 4 nitrogen and oxygen atoms in total. The van der Waals surface area contributed by atoms with Gasteiger partial charge in [0.25, 0.3) is 0 Å². The van der Waals surface area contributed by atoms with E-state index in [0.717, 1.165) is 26.1 Å². The predicted octanol–water partition coefficient (Wildman–Crippen LogP) is 2.43. The Balaban J connectivity index is 1.68. The lowest BCUT2D eigenvalue weighted by molar-refractivity contribution is 0.0482. The minimum Gasteiger partial charge on any atom is -0.507 e. The number of hydrogen-bond donors (Lipinski definition) is 1. The van der Waals surface area contributed by atoms with E-state index in [1.54, 1.807) is 18.2 Å². The summed E-state index contributed by atoms with van der Waals surface area (Å²) in [6.07, 6.45) is 4.73. The minimum atomic E-state index is -0.447. The minimum absolute atomic E-state index is 0.0245. The van der Waals surface area contributed by atoms with Crippen molar-refractivity contribution in [2.45, 2.75) is 25.7 Å². The number of rotatable bonds is 5. The molecule has 0 aliphatic carbocycles. The largest absolute Gasteiger partial charge is 0.507 e. The molecule has 0 aromatic heterocycles. The van der Waals surface area contributed by atoms with Crippen LogP contribution in [0.1, 0.15) is 36.0 Å². The summed E-state index contributed by atoms with van der Waals surface area (Å²) >= 11 is 0. The van der Waals surface area contributed by atoms with Crippen LogP contribution >= 0.6 is 0 Å². The molecule has 0 atom stereocenters. The van der Waals surface area contributed by atoms with Crippen molar-refractivity contribution < 1.29 is 14.6 Å². The molecule has 0 spiro atoms. The van der Waals surface area contributed by atoms with Crippen LogP contribution in [0.15, 0.2) is 24.3 Å². The first-order chi connectivity index (χ1) is 9.27. The molecule has 1 fully saturated rings. The van der Waals surface area contributed by atoms with Gasteiger partial charge in [-0.3, -0.25) is 0 Å². The van der Waals surface area contributed by atoms with Gasteiger partial charge < -0.3 is 14.7 Å². The van der Waals surface area contributed by atoms with Gasteiger partial charge in [0, 0.05) is 6.54 Å². The molecule has 0 saturated carbocycles. The lowest BCUT2D eigenvalue weighted by Crippen LogP contribution is -2.31. The van der Waals surface area contributed by atoms with Crippen molar-refractivity contribution in [1.82, 2.24) is 4.90 Å². The summed E-state index contributed by atoms with van der Waals surface area (Å²) in [6, 6.07) is 6.46. The lowest BCUT2D eigenvalue weighted by Gasteiger charge is -2.26. The topological polar surface area (TPSA) is 49.8 Å². The van der Waals surface area contributed by atoms with Gasteiger partial charge in [0.2, 0.25) is 0 Å². The zero-order valence-electron chi connectivity index (χ0n) is 11.2. The molecule has 19 heavy (non-hydrogen) atoms. The van der Waals surface area contributed by atoms with Crippen molar-refractivity contribution in [2.75, 3.05) is 26.2 Å². The van der Waals surface area contributed by atoms with Gasteiger partial charge in [-0.25, -0.2) is 4.79 Å². The number of aromatic hydroxyl groups is 1. The Bertz CT molecular complexity index is 414. The van der Waals surface area contributed by atoms with Crippen LogP contribution in [0.5, 0.6) is 5.75 Å². The maximum Gasteiger partial charge on any atom is 0.341 e. The molecule has 1 saturated heterocycles. The molecule has 1 heterocycles. The Morgan fingerprint density at radius 1 is 1.21 bits per heavy atom. The van der Waals surface area contributed by atoms with Crippen molar-refractivity contribution in [3.63, 3.8) is 0 Å². The first-order valence-electron chi connectivity index (χ1n) is 6.95. The maximum absolute atomic E-state index is 11.7. The van der Waals surface area contributed by atoms with Crippen molar-refractivity contribution in [3.05, 3.63) is 29.8 Å². The maximum atomic E-state index is 11.7. The third-order valence-corrected chi connectivity index (χ3v) is 3.42. The van der Waals surface area contributed by atoms with Gasteiger partial charge in [-0.2, -0.15) is 0 Å². The van der Waals surface area contributed by atoms with Gasteiger partial charge in [0.05, 0.1) is 6.61 Å². The molecule has 0 amide bonds. The van der Waals surface area contributed by atoms with Gasteiger partial charge in [0.15, 0.2) is 0 Å². The van der Waals surface area contributed by atoms with Gasteiger partial charge in [0.1, 0.15) is 11.3 Å². The second-order valence-corrected chi connectivity index (χ2v) is 4.91. The van der Waals surface area contributed by atoms with Crippen molar-refractivity contribution >= 4 is 5.97 Å². The van der Waals surface area contributed by atoms with Crippen LogP contribution in [0.4, 0.5) is 0 Å². The van der Waals surface area contributed by atoms with E-state index in [1.165, 1.54) is 25.3 Å². The highest BCUT2D eigenvalue weighted by Gasteiger charge is 2.12. The fraction of sp³-hybridized carbons (Fsp3) is 0.533. The number of hydrogen-bond acceptors (Lipinski definition) is 4. The van der Waals surface area contributed by atoms with E-state index in [-0.39, 0.29) is 11.3 Å². The second-order valence-electron chi connectivity index (χ2n) is 4.91. The molecule has 0 bridgehead atoms. The first-order valence-corrected chi connectivity index (χ1v) is 6.95. The highest BCUT2D eigenvalue weighted by Crippen LogP contribution is 2.16. The number of likely N-dealkylation sites (tertiary alicyclic amines) is 1. The van der Waals surface area contributed by atoms with Crippen molar-refractivity contribution in [2.24, 2.45) is 0 Å². The molecular formula is C15H21NO3. The molecule has 1 aliphatic rings. The molecule has 2 rings (SSSR count). The highest BCUT2D eigenvalue weighted by atomic mass is 16.5. The van der Waals surface area contributed by atoms with E-state index in [1.807, 2.05) is 0 Å². The summed E-state index contributed by atoms with van der Waals surface area (Å²) < 4.78 is 5.17. The van der Waals surface area contributed by atoms with Gasteiger partial charge in [-0.05, 0) is 44.5 Å². The van der Waals surface area contributed by atoms with Crippen LogP contribution in [0.2, 0.25) is 0 Å². The Labute approximate surface area is 114 Å². The Hall–Kier alpha value is -1.55. The number of benzene rings is 1. The Kier molecular flexibility index (Phi) is 5.21. The van der Waals surface area contributed by atoms with Crippen LogP contribution in [-0.2, 0) is 4.74 Å². The number of esters is 1. The number of carbonyl (C=O) groups excluding carboxylic acids is 1. The van der Waals surface area contributed by atoms with Crippen molar-refractivity contribution in [1.29, 1.82) is 0 Å². The fourth-order valence-electron chi connectivity index (χ4n) is 2.36. The number of phenols is 1. The zero-order chi connectivity index (χ0) is 13.5. The summed E-state index contributed by atoms with van der Waals surface area (Å²) in [4.78, 5) is 14.1. The molecule has 1 aliphatic heterocycles. The number of nitrogens with zero attached hydrogens (tertiary/aromatic N) is 1. The quantitative estimate of drug-likeness (QED) is 0.655. The molecular weight excluding hydrogens is 242 g/mol. The SMILES string of the molecule is O=C(OCCCN1CCCCC1)c1ccccc1O. The molecule has 1 N–H and O–H groups in total. The van der Waals surface area contributed by atoms with Gasteiger partial charge in [-0.1, -0.05) is 18.6 Å². The molecule has 104 valence electrons. The van der Waals surface area contributed by atoms with Crippen molar-refractivity contribution in [3.8, 4) is 5.75 Å². The number of para-hydroxylation sites is 1. The van der Waals surface area contributed by atoms with E-state index in [9.17, 15) is 9.90 Å². The fourth-order valence-corrected chi connectivity index (χ4v) is 2.36. The molecule has 0 radical (unpaired) electrons. The third kappa shape index (κ3) is 4.24. The molecule has 4 heteroatoms. The third-order valence-electron chi connectivity index (χ3n) is 3.42. The average molecular weight is 263 g/mol. The van der Waals surface area contributed by atoms with E-state index >= 15 is 0 Å². The van der Waals surface area contributed by atoms with Crippen LogP contribution in [-0.4, -0.2) is 42.2 Å². The first kappa shape index (κ1) is 13.9. The second kappa shape index (κ2) is 7.14. The summed E-state index contributed by atoms with van der Waals surface area (Å²) in [5, 5.41) is 9.53. The standard InChI is InChI=1S/C15H21NO3/c17-14-8-3-2-7-13(14)15(18)19-12-6-11-16-9-4-1-5-10-16/h2-3,7-8,17H,1,4-6,9-12H2. The summed E-state index contributed by atoms with van der Waals surface area (Å²) in [5.74, 6) is -0.472. The van der Waals surface area contributed by atoms with E-state index in [0.29, 0.717) is 6.61 Å². The monoisotopic (exact) mass is 263 g/mol. The van der Waals surface area contributed by atoms with E-state index in [4.69, 9.17) is 4.74 Å². The van der Waals surface area contributed by atoms with Crippen LogP contribution < -0.4 is 0 Å². The smallest absolute Gasteiger partial charge is 0.341 e. The summed E-state index contributed by atoms with van der Waals surface area (Å²) in [5.41, 5.74) is 0.237. The van der Waals surface area contributed by atoms with Crippen LogP contribution in [0.25, 0.3) is 0 Å². The molecule has 0 unspecified atom stereocenters. The van der Waals surface area contributed by atoms with Crippen LogP contribution in [0, 0.1) is 0 Å². The number of ether oxygens (including phenoxy) is 1. The normalized spacial score (nSPS) is 16.2. The van der Waals surface area contributed by atoms with Crippen LogP contribution in [0.3, 0.4) is 0 Å². The highest BCUT2D eigenvalue weighted by molar-refractivity contribution is 5.92. The summed E-state index contributed by atoms with van der Waals surface area (Å²) in [7, 11) is 0. The van der Waals surface area contributed by atoms with E-state index < -0.39 is 5.97 Å². The van der Waals surface area contributed by atoms with Gasteiger partial charge in [-0.15, -0.1) is 0 Å². The Morgan fingerprint density at radius 3 is 2.68 bits per heavy atom. The number of phenolic OH excluding ortho intramolecular Hbond substituents is 1. The summed E-state index contributed by atoms with van der Waals surface area (Å²) in [6.45, 7) is 3.71. The predicted molar refractivity (Wildman–Crippen MR) is 73.3 cm³/mol. The average Bonchev–Trinajstić information content (AvgIpc) is 2.45. The van der Waals surface area contributed by atoms with Gasteiger partial charge >= 0.3 is 5.97 Å². The Morgan fingerprint density at radius 2 is 1.95 bits per heavy atom.